The summed E-state index contributed by atoms with van der Waals surface area (Å²) in [5.74, 6) is 1.95. The van der Waals surface area contributed by atoms with E-state index in [4.69, 9.17) is 10.5 Å². The molecule has 1 saturated carbocycles. The number of benzene rings is 1. The standard InChI is InChI=1S/C21H34N4O2/c1-2-23-21(24-13-6-5-10-17-8-3-4-9-17)25-15-18-11-7-12-19(14-18)27-16-20(22)26/h7,11-12,14,17H,2-6,8-10,13,15-16H2,1H3,(H2,22,26)(H2,23,24,25). The topological polar surface area (TPSA) is 88.7 Å². The summed E-state index contributed by atoms with van der Waals surface area (Å²) in [6.45, 7) is 4.27. The second-order valence-electron chi connectivity index (χ2n) is 7.17. The Morgan fingerprint density at radius 3 is 2.81 bits per heavy atom. The summed E-state index contributed by atoms with van der Waals surface area (Å²) in [6, 6.07) is 7.58. The van der Waals surface area contributed by atoms with Gasteiger partial charge in [-0.2, -0.15) is 0 Å². The Hall–Kier alpha value is -2.24. The van der Waals surface area contributed by atoms with Crippen LogP contribution in [-0.2, 0) is 11.3 Å². The molecule has 0 aliphatic heterocycles. The fourth-order valence-electron chi connectivity index (χ4n) is 3.46. The molecule has 4 N–H and O–H groups in total. The van der Waals surface area contributed by atoms with Crippen LogP contribution in [-0.4, -0.2) is 31.6 Å². The number of nitrogens with zero attached hydrogens (tertiary/aromatic N) is 1. The number of nitrogens with one attached hydrogen (secondary N) is 2. The van der Waals surface area contributed by atoms with Crippen molar-refractivity contribution in [2.24, 2.45) is 16.6 Å². The molecular weight excluding hydrogens is 340 g/mol. The molecule has 0 radical (unpaired) electrons. The number of ether oxygens (including phenoxy) is 1. The summed E-state index contributed by atoms with van der Waals surface area (Å²) in [4.78, 5) is 15.5. The quantitative estimate of drug-likeness (QED) is 0.316. The smallest absolute Gasteiger partial charge is 0.255 e. The summed E-state index contributed by atoms with van der Waals surface area (Å²) in [5, 5.41) is 6.70. The summed E-state index contributed by atoms with van der Waals surface area (Å²) < 4.78 is 5.34. The third-order valence-electron chi connectivity index (χ3n) is 4.85. The van der Waals surface area contributed by atoms with Gasteiger partial charge in [0, 0.05) is 13.1 Å². The molecule has 6 heteroatoms. The number of guanidine groups is 1. The van der Waals surface area contributed by atoms with Crippen LogP contribution in [0.3, 0.4) is 0 Å². The first-order chi connectivity index (χ1) is 13.2. The normalized spacial score (nSPS) is 14.9. The monoisotopic (exact) mass is 374 g/mol. The molecular formula is C21H34N4O2. The van der Waals surface area contributed by atoms with Gasteiger partial charge < -0.3 is 21.1 Å². The molecule has 6 nitrogen and oxygen atoms in total. The van der Waals surface area contributed by atoms with E-state index >= 15 is 0 Å². The van der Waals surface area contributed by atoms with Crippen molar-refractivity contribution in [1.29, 1.82) is 0 Å². The zero-order chi connectivity index (χ0) is 19.3. The minimum absolute atomic E-state index is 0.113. The van der Waals surface area contributed by atoms with Gasteiger partial charge in [0.25, 0.3) is 5.91 Å². The van der Waals surface area contributed by atoms with Crippen LogP contribution >= 0.6 is 0 Å². The lowest BCUT2D eigenvalue weighted by molar-refractivity contribution is -0.119. The molecule has 1 fully saturated rings. The summed E-state index contributed by atoms with van der Waals surface area (Å²) in [6.07, 6.45) is 9.55. The number of hydrogen-bond donors (Lipinski definition) is 3. The minimum atomic E-state index is -0.481. The van der Waals surface area contributed by atoms with E-state index in [2.05, 4.69) is 22.5 Å². The highest BCUT2D eigenvalue weighted by molar-refractivity contribution is 5.79. The molecule has 1 amide bonds. The maximum atomic E-state index is 10.8. The van der Waals surface area contributed by atoms with Crippen LogP contribution in [0.25, 0.3) is 0 Å². The van der Waals surface area contributed by atoms with E-state index in [0.29, 0.717) is 12.3 Å². The number of hydrogen-bond acceptors (Lipinski definition) is 3. The number of rotatable bonds is 11. The Bertz CT molecular complexity index is 598. The molecule has 150 valence electrons. The zero-order valence-electron chi connectivity index (χ0n) is 16.5. The van der Waals surface area contributed by atoms with Crippen molar-refractivity contribution < 1.29 is 9.53 Å². The molecule has 2 rings (SSSR count). The number of unbranched alkanes of at least 4 members (excludes halogenated alkanes) is 1. The fraction of sp³-hybridized carbons (Fsp3) is 0.619. The molecule has 1 aliphatic carbocycles. The van der Waals surface area contributed by atoms with Gasteiger partial charge in [-0.15, -0.1) is 0 Å². The van der Waals surface area contributed by atoms with Gasteiger partial charge in [0.2, 0.25) is 0 Å². The summed E-state index contributed by atoms with van der Waals surface area (Å²) >= 11 is 0. The summed E-state index contributed by atoms with van der Waals surface area (Å²) in [5.41, 5.74) is 6.13. The van der Waals surface area contributed by atoms with Gasteiger partial charge in [0.15, 0.2) is 12.6 Å². The average Bonchev–Trinajstić information content (AvgIpc) is 3.18. The van der Waals surface area contributed by atoms with Gasteiger partial charge in [-0.05, 0) is 37.0 Å². The first-order valence-corrected chi connectivity index (χ1v) is 10.2. The van der Waals surface area contributed by atoms with E-state index in [0.717, 1.165) is 30.5 Å². The number of carbonyl (C=O) groups is 1. The van der Waals surface area contributed by atoms with Crippen molar-refractivity contribution in [1.82, 2.24) is 10.6 Å². The van der Waals surface area contributed by atoms with Gasteiger partial charge >= 0.3 is 0 Å². The Morgan fingerprint density at radius 1 is 1.26 bits per heavy atom. The van der Waals surface area contributed by atoms with Crippen molar-refractivity contribution in [3.05, 3.63) is 29.8 Å². The molecule has 0 heterocycles. The molecule has 0 unspecified atom stereocenters. The van der Waals surface area contributed by atoms with Gasteiger partial charge in [0.05, 0.1) is 6.54 Å². The van der Waals surface area contributed by atoms with Crippen LogP contribution in [0.1, 0.15) is 57.4 Å². The van der Waals surface area contributed by atoms with Gasteiger partial charge in [-0.1, -0.05) is 50.7 Å². The average molecular weight is 375 g/mol. The Balaban J connectivity index is 1.74. The Kier molecular flexibility index (Phi) is 9.52. The number of primary amides is 1. The zero-order valence-corrected chi connectivity index (χ0v) is 16.5. The van der Waals surface area contributed by atoms with E-state index in [1.165, 1.54) is 44.9 Å². The van der Waals surface area contributed by atoms with E-state index in [1.54, 1.807) is 0 Å². The van der Waals surface area contributed by atoms with Crippen LogP contribution in [0.4, 0.5) is 0 Å². The second-order valence-corrected chi connectivity index (χ2v) is 7.17. The molecule has 1 aromatic carbocycles. The lowest BCUT2D eigenvalue weighted by atomic mass is 10.0. The number of aliphatic imine (C=N–C) groups is 1. The van der Waals surface area contributed by atoms with Crippen LogP contribution in [0.5, 0.6) is 5.75 Å². The Morgan fingerprint density at radius 2 is 2.07 bits per heavy atom. The van der Waals surface area contributed by atoms with E-state index in [9.17, 15) is 4.79 Å². The molecule has 1 aliphatic rings. The summed E-state index contributed by atoms with van der Waals surface area (Å²) in [7, 11) is 0. The highest BCUT2D eigenvalue weighted by atomic mass is 16.5. The van der Waals surface area contributed by atoms with E-state index in [-0.39, 0.29) is 6.61 Å². The predicted molar refractivity (Wildman–Crippen MR) is 110 cm³/mol. The third-order valence-corrected chi connectivity index (χ3v) is 4.85. The molecule has 0 aromatic heterocycles. The van der Waals surface area contributed by atoms with Crippen molar-refractivity contribution in [2.75, 3.05) is 19.7 Å². The minimum Gasteiger partial charge on any atom is -0.484 e. The molecule has 27 heavy (non-hydrogen) atoms. The second kappa shape index (κ2) is 12.2. The maximum Gasteiger partial charge on any atom is 0.255 e. The number of carbonyl (C=O) groups excluding carboxylic acids is 1. The number of nitrogens with two attached hydrogens (primary N) is 1. The first-order valence-electron chi connectivity index (χ1n) is 10.2. The van der Waals surface area contributed by atoms with Crippen molar-refractivity contribution in [3.63, 3.8) is 0 Å². The van der Waals surface area contributed by atoms with Gasteiger partial charge in [-0.3, -0.25) is 4.79 Å². The highest BCUT2D eigenvalue weighted by Gasteiger charge is 2.13. The lowest BCUT2D eigenvalue weighted by Gasteiger charge is -2.12. The number of amides is 1. The van der Waals surface area contributed by atoms with Crippen molar-refractivity contribution in [2.45, 2.75) is 58.4 Å². The van der Waals surface area contributed by atoms with Crippen LogP contribution in [0, 0.1) is 5.92 Å². The molecule has 1 aromatic rings. The van der Waals surface area contributed by atoms with Crippen molar-refractivity contribution >= 4 is 11.9 Å². The van der Waals surface area contributed by atoms with Crippen LogP contribution in [0.2, 0.25) is 0 Å². The molecule has 0 atom stereocenters. The van der Waals surface area contributed by atoms with Crippen molar-refractivity contribution in [3.8, 4) is 5.75 Å². The molecule has 0 spiro atoms. The van der Waals surface area contributed by atoms with E-state index < -0.39 is 5.91 Å². The molecule has 0 saturated heterocycles. The van der Waals surface area contributed by atoms with Gasteiger partial charge in [-0.25, -0.2) is 4.99 Å². The van der Waals surface area contributed by atoms with E-state index in [1.807, 2.05) is 24.3 Å². The molecule has 0 bridgehead atoms. The third kappa shape index (κ3) is 8.80. The fourth-order valence-corrected chi connectivity index (χ4v) is 3.46. The first kappa shape index (κ1) is 21.1. The van der Waals surface area contributed by atoms with Crippen LogP contribution < -0.4 is 21.1 Å². The predicted octanol–water partition coefficient (Wildman–Crippen LogP) is 2.97. The largest absolute Gasteiger partial charge is 0.484 e. The maximum absolute atomic E-state index is 10.8. The Labute approximate surface area is 163 Å². The van der Waals surface area contributed by atoms with Crippen LogP contribution in [0.15, 0.2) is 29.3 Å². The van der Waals surface area contributed by atoms with Gasteiger partial charge in [0.1, 0.15) is 5.75 Å². The lowest BCUT2D eigenvalue weighted by Crippen LogP contribution is -2.37. The highest BCUT2D eigenvalue weighted by Crippen LogP contribution is 2.28. The SMILES string of the molecule is CCNC(=NCc1cccc(OCC(N)=O)c1)NCCCCC1CCCC1.